The molecule has 0 unspecified atom stereocenters. The number of benzene rings is 1. The highest BCUT2D eigenvalue weighted by Gasteiger charge is 2.33. The predicted octanol–water partition coefficient (Wildman–Crippen LogP) is 1.49. The summed E-state index contributed by atoms with van der Waals surface area (Å²) < 4.78 is 0. The maximum Gasteiger partial charge on any atom is 0.172 e. The van der Waals surface area contributed by atoms with Crippen LogP contribution in [0.4, 0.5) is 11.4 Å². The van der Waals surface area contributed by atoms with Crippen LogP contribution in [0.5, 0.6) is 0 Å². The van der Waals surface area contributed by atoms with Crippen molar-refractivity contribution in [2.75, 3.05) is 23.9 Å². The summed E-state index contributed by atoms with van der Waals surface area (Å²) in [5, 5.41) is 0. The third-order valence-corrected chi connectivity index (χ3v) is 2.74. The first kappa shape index (κ1) is 9.06. The first-order valence-corrected chi connectivity index (χ1v) is 4.68. The monoisotopic (exact) mass is 190 g/mol. The molecule has 0 fully saturated rings. The number of likely N-dealkylation sites (N-methyl/N-ethyl adjacent to an activating group) is 2. The normalized spacial score (nSPS) is 15.9. The Hall–Kier alpha value is -1.51. The Labute approximate surface area is 83.9 Å². The summed E-state index contributed by atoms with van der Waals surface area (Å²) in [6.07, 6.45) is -0.146. The number of anilines is 2. The molecule has 1 aromatic rings. The first-order valence-electron chi connectivity index (χ1n) is 4.68. The minimum Gasteiger partial charge on any atom is -0.346 e. The van der Waals surface area contributed by atoms with Gasteiger partial charge in [-0.3, -0.25) is 4.79 Å². The molecule has 0 saturated heterocycles. The number of Topliss-reactive ketones (excluding diaryl/α,β-unsaturated/α-hetero) is 1. The largest absolute Gasteiger partial charge is 0.346 e. The van der Waals surface area contributed by atoms with Crippen LogP contribution < -0.4 is 9.80 Å². The molecule has 1 aliphatic heterocycles. The molecule has 1 heterocycles. The molecule has 2 rings (SSSR count). The lowest BCUT2D eigenvalue weighted by atomic mass is 10.3. The van der Waals surface area contributed by atoms with Crippen molar-refractivity contribution >= 4 is 17.2 Å². The molecule has 0 N–H and O–H groups in total. The van der Waals surface area contributed by atoms with Crippen molar-refractivity contribution in [3.8, 4) is 0 Å². The van der Waals surface area contributed by atoms with Crippen molar-refractivity contribution in [1.82, 2.24) is 0 Å². The molecular formula is C11H14N2O. The number of nitrogens with zero attached hydrogens (tertiary/aromatic N) is 2. The molecule has 14 heavy (non-hydrogen) atoms. The molecule has 3 heteroatoms. The Kier molecular flexibility index (Phi) is 1.95. The molecule has 74 valence electrons. The average molecular weight is 190 g/mol. The molecule has 0 spiro atoms. The van der Waals surface area contributed by atoms with Crippen LogP contribution in [0.3, 0.4) is 0 Å². The summed E-state index contributed by atoms with van der Waals surface area (Å²) in [4.78, 5) is 15.5. The molecule has 1 aromatic carbocycles. The van der Waals surface area contributed by atoms with Gasteiger partial charge in [0.15, 0.2) is 11.9 Å². The molecule has 0 amide bonds. The van der Waals surface area contributed by atoms with Gasteiger partial charge in [-0.2, -0.15) is 0 Å². The summed E-state index contributed by atoms with van der Waals surface area (Å²) in [6.45, 7) is 1.63. The lowest BCUT2D eigenvalue weighted by Gasteiger charge is -2.24. The average Bonchev–Trinajstić information content (AvgIpc) is 2.41. The number of rotatable bonds is 1. The van der Waals surface area contributed by atoms with Gasteiger partial charge in [0.05, 0.1) is 11.4 Å². The predicted molar refractivity (Wildman–Crippen MR) is 57.7 cm³/mol. The van der Waals surface area contributed by atoms with E-state index in [0.29, 0.717) is 0 Å². The number of fused-ring (bicyclic) bond motifs is 1. The van der Waals surface area contributed by atoms with E-state index < -0.39 is 0 Å². The van der Waals surface area contributed by atoms with Gasteiger partial charge >= 0.3 is 0 Å². The van der Waals surface area contributed by atoms with Gasteiger partial charge in [-0.15, -0.1) is 0 Å². The van der Waals surface area contributed by atoms with Gasteiger partial charge < -0.3 is 9.80 Å². The summed E-state index contributed by atoms with van der Waals surface area (Å²) in [5.74, 6) is 0.172. The van der Waals surface area contributed by atoms with Crippen molar-refractivity contribution < 1.29 is 4.79 Å². The Balaban J connectivity index is 2.48. The maximum atomic E-state index is 11.5. The van der Waals surface area contributed by atoms with Gasteiger partial charge in [-0.05, 0) is 19.1 Å². The lowest BCUT2D eigenvalue weighted by molar-refractivity contribution is -0.118. The zero-order chi connectivity index (χ0) is 10.3. The van der Waals surface area contributed by atoms with Crippen molar-refractivity contribution in [2.24, 2.45) is 0 Å². The second kappa shape index (κ2) is 3.01. The molecule has 0 radical (unpaired) electrons. The topological polar surface area (TPSA) is 23.6 Å². The van der Waals surface area contributed by atoms with Crippen molar-refractivity contribution in [1.29, 1.82) is 0 Å². The number of carbonyl (C=O) groups is 1. The van der Waals surface area contributed by atoms with E-state index in [2.05, 4.69) is 0 Å². The van der Waals surface area contributed by atoms with E-state index in [1.54, 1.807) is 6.92 Å². The SMILES string of the molecule is CC(=O)C1N(C)c2ccccc2N1C. The highest BCUT2D eigenvalue weighted by Crippen LogP contribution is 2.37. The molecule has 0 saturated carbocycles. The summed E-state index contributed by atoms with van der Waals surface area (Å²) >= 11 is 0. The van der Waals surface area contributed by atoms with Gasteiger partial charge in [-0.1, -0.05) is 12.1 Å². The highest BCUT2D eigenvalue weighted by molar-refractivity contribution is 5.94. The number of hydrogen-bond acceptors (Lipinski definition) is 3. The number of para-hydroxylation sites is 2. The zero-order valence-corrected chi connectivity index (χ0v) is 8.69. The van der Waals surface area contributed by atoms with E-state index in [0.717, 1.165) is 11.4 Å². The molecular weight excluding hydrogens is 176 g/mol. The van der Waals surface area contributed by atoms with Crippen LogP contribution in [-0.4, -0.2) is 26.0 Å². The highest BCUT2D eigenvalue weighted by atomic mass is 16.1. The van der Waals surface area contributed by atoms with Crippen molar-refractivity contribution in [3.05, 3.63) is 24.3 Å². The fourth-order valence-corrected chi connectivity index (χ4v) is 2.13. The van der Waals surface area contributed by atoms with Gasteiger partial charge in [0.1, 0.15) is 0 Å². The summed E-state index contributed by atoms with van der Waals surface area (Å²) in [5.41, 5.74) is 2.24. The van der Waals surface area contributed by atoms with E-state index in [1.165, 1.54) is 0 Å². The molecule has 0 aromatic heterocycles. The third-order valence-electron chi connectivity index (χ3n) is 2.74. The minimum atomic E-state index is -0.146. The van der Waals surface area contributed by atoms with Gasteiger partial charge in [-0.25, -0.2) is 0 Å². The molecule has 1 aliphatic rings. The third kappa shape index (κ3) is 1.09. The van der Waals surface area contributed by atoms with Crippen LogP contribution in [0.1, 0.15) is 6.92 Å². The summed E-state index contributed by atoms with van der Waals surface area (Å²) in [7, 11) is 3.91. The van der Waals surface area contributed by atoms with Gasteiger partial charge in [0.2, 0.25) is 0 Å². The Bertz CT molecular complexity index is 346. The Morgan fingerprint density at radius 2 is 1.57 bits per heavy atom. The summed E-state index contributed by atoms with van der Waals surface area (Å²) in [6, 6.07) is 8.06. The van der Waals surface area contributed by atoms with E-state index >= 15 is 0 Å². The van der Waals surface area contributed by atoms with Gasteiger partial charge in [0, 0.05) is 14.1 Å². The van der Waals surface area contributed by atoms with Crippen LogP contribution >= 0.6 is 0 Å². The lowest BCUT2D eigenvalue weighted by Crippen LogP contribution is -2.44. The van der Waals surface area contributed by atoms with E-state index in [4.69, 9.17) is 0 Å². The Morgan fingerprint density at radius 1 is 1.14 bits per heavy atom. The van der Waals surface area contributed by atoms with Crippen LogP contribution in [0.15, 0.2) is 24.3 Å². The molecule has 3 nitrogen and oxygen atoms in total. The second-order valence-electron chi connectivity index (χ2n) is 3.69. The van der Waals surface area contributed by atoms with E-state index in [1.807, 2.05) is 48.2 Å². The fourth-order valence-electron chi connectivity index (χ4n) is 2.13. The van der Waals surface area contributed by atoms with E-state index in [9.17, 15) is 4.79 Å². The standard InChI is InChI=1S/C11H14N2O/c1-8(14)11-12(2)9-6-4-5-7-10(9)13(11)3/h4-7,11H,1-3H3. The fraction of sp³-hybridized carbons (Fsp3) is 0.364. The van der Waals surface area contributed by atoms with Crippen LogP contribution in [0, 0.1) is 0 Å². The quantitative estimate of drug-likeness (QED) is 0.670. The first-order chi connectivity index (χ1) is 6.63. The van der Waals surface area contributed by atoms with Crippen LogP contribution in [0.2, 0.25) is 0 Å². The molecule has 0 bridgehead atoms. The smallest absolute Gasteiger partial charge is 0.172 e. The van der Waals surface area contributed by atoms with Gasteiger partial charge in [0.25, 0.3) is 0 Å². The number of ketones is 1. The molecule has 0 atom stereocenters. The van der Waals surface area contributed by atoms with Crippen molar-refractivity contribution in [2.45, 2.75) is 13.1 Å². The van der Waals surface area contributed by atoms with Crippen molar-refractivity contribution in [3.63, 3.8) is 0 Å². The molecule has 0 aliphatic carbocycles. The Morgan fingerprint density at radius 3 is 1.93 bits per heavy atom. The minimum absolute atomic E-state index is 0.146. The van der Waals surface area contributed by atoms with Crippen LogP contribution in [0.25, 0.3) is 0 Å². The maximum absolute atomic E-state index is 11.5. The second-order valence-corrected chi connectivity index (χ2v) is 3.69. The van der Waals surface area contributed by atoms with E-state index in [-0.39, 0.29) is 11.9 Å². The zero-order valence-electron chi connectivity index (χ0n) is 8.69. The number of hydrogen-bond donors (Lipinski definition) is 0. The number of carbonyl (C=O) groups excluding carboxylic acids is 1. The van der Waals surface area contributed by atoms with Crippen LogP contribution in [-0.2, 0) is 4.79 Å².